The van der Waals surface area contributed by atoms with Crippen molar-refractivity contribution in [1.82, 2.24) is 0 Å². The van der Waals surface area contributed by atoms with Gasteiger partial charge in [-0.2, -0.15) is 0 Å². The molecule has 0 radical (unpaired) electrons. The van der Waals surface area contributed by atoms with Crippen LogP contribution in [-0.4, -0.2) is 6.10 Å². The Bertz CT molecular complexity index is 533. The van der Waals surface area contributed by atoms with E-state index in [-0.39, 0.29) is 17.8 Å². The third-order valence-corrected chi connectivity index (χ3v) is 3.83. The SMILES string of the molecule is CC(C)[C@@H](c1ccc(F)cc1)[C@H](C)OCc1ccccc1. The van der Waals surface area contributed by atoms with E-state index in [1.807, 2.05) is 30.3 Å². The first-order valence-corrected chi connectivity index (χ1v) is 7.49. The van der Waals surface area contributed by atoms with Gasteiger partial charge in [0, 0.05) is 5.92 Å². The molecule has 2 aromatic rings. The topological polar surface area (TPSA) is 9.23 Å². The van der Waals surface area contributed by atoms with Crippen LogP contribution in [0.5, 0.6) is 0 Å². The molecule has 0 N–H and O–H groups in total. The van der Waals surface area contributed by atoms with E-state index in [4.69, 9.17) is 4.74 Å². The maximum Gasteiger partial charge on any atom is 0.123 e. The van der Waals surface area contributed by atoms with Crippen LogP contribution in [0.15, 0.2) is 54.6 Å². The number of hydrogen-bond donors (Lipinski definition) is 0. The van der Waals surface area contributed by atoms with E-state index >= 15 is 0 Å². The summed E-state index contributed by atoms with van der Waals surface area (Å²) in [5.41, 5.74) is 2.30. The maximum atomic E-state index is 13.1. The molecule has 0 saturated carbocycles. The van der Waals surface area contributed by atoms with E-state index in [0.29, 0.717) is 12.5 Å². The Morgan fingerprint density at radius 3 is 2.10 bits per heavy atom. The molecule has 0 spiro atoms. The molecule has 0 aliphatic rings. The maximum absolute atomic E-state index is 13.1. The summed E-state index contributed by atoms with van der Waals surface area (Å²) in [5, 5.41) is 0. The van der Waals surface area contributed by atoms with Gasteiger partial charge in [0.25, 0.3) is 0 Å². The first-order valence-electron chi connectivity index (χ1n) is 7.49. The van der Waals surface area contributed by atoms with Crippen LogP contribution in [0, 0.1) is 11.7 Å². The van der Waals surface area contributed by atoms with Gasteiger partial charge in [-0.25, -0.2) is 4.39 Å². The van der Waals surface area contributed by atoms with Crippen molar-refractivity contribution in [1.29, 1.82) is 0 Å². The second-order valence-electron chi connectivity index (χ2n) is 5.82. The fourth-order valence-electron chi connectivity index (χ4n) is 2.79. The molecule has 0 fully saturated rings. The molecule has 2 rings (SSSR count). The van der Waals surface area contributed by atoms with Gasteiger partial charge < -0.3 is 4.74 Å². The van der Waals surface area contributed by atoms with Crippen LogP contribution >= 0.6 is 0 Å². The third kappa shape index (κ3) is 4.40. The number of benzene rings is 2. The van der Waals surface area contributed by atoms with E-state index in [1.165, 1.54) is 17.7 Å². The van der Waals surface area contributed by atoms with Crippen molar-refractivity contribution in [3.8, 4) is 0 Å². The van der Waals surface area contributed by atoms with Crippen molar-refractivity contribution in [2.75, 3.05) is 0 Å². The summed E-state index contributed by atoms with van der Waals surface area (Å²) in [5.74, 6) is 0.495. The Morgan fingerprint density at radius 1 is 0.905 bits per heavy atom. The lowest BCUT2D eigenvalue weighted by atomic mass is 9.84. The largest absolute Gasteiger partial charge is 0.373 e. The predicted molar refractivity (Wildman–Crippen MR) is 84.7 cm³/mol. The molecular weight excluding hydrogens is 263 g/mol. The predicted octanol–water partition coefficient (Wildman–Crippen LogP) is 5.17. The highest BCUT2D eigenvalue weighted by atomic mass is 19.1. The number of halogens is 1. The van der Waals surface area contributed by atoms with Crippen molar-refractivity contribution in [2.24, 2.45) is 5.92 Å². The number of rotatable bonds is 6. The van der Waals surface area contributed by atoms with Gasteiger partial charge in [0.15, 0.2) is 0 Å². The molecule has 0 aliphatic heterocycles. The van der Waals surface area contributed by atoms with Crippen LogP contribution in [0.4, 0.5) is 4.39 Å². The van der Waals surface area contributed by atoms with Gasteiger partial charge in [-0.05, 0) is 36.1 Å². The van der Waals surface area contributed by atoms with Gasteiger partial charge >= 0.3 is 0 Å². The highest BCUT2D eigenvalue weighted by Gasteiger charge is 2.23. The van der Waals surface area contributed by atoms with Crippen molar-refractivity contribution >= 4 is 0 Å². The van der Waals surface area contributed by atoms with Gasteiger partial charge in [0.1, 0.15) is 5.82 Å². The lowest BCUT2D eigenvalue weighted by Crippen LogP contribution is -2.23. The minimum Gasteiger partial charge on any atom is -0.373 e. The zero-order valence-corrected chi connectivity index (χ0v) is 12.9. The van der Waals surface area contributed by atoms with Crippen LogP contribution in [0.1, 0.15) is 37.8 Å². The average Bonchev–Trinajstić information content (AvgIpc) is 2.48. The lowest BCUT2D eigenvalue weighted by Gasteiger charge is -2.28. The van der Waals surface area contributed by atoms with Gasteiger partial charge in [-0.15, -0.1) is 0 Å². The minimum atomic E-state index is -0.195. The quantitative estimate of drug-likeness (QED) is 0.711. The molecule has 2 heteroatoms. The minimum absolute atomic E-state index is 0.0793. The van der Waals surface area contributed by atoms with Crippen LogP contribution in [-0.2, 0) is 11.3 Å². The summed E-state index contributed by atoms with van der Waals surface area (Å²) in [4.78, 5) is 0. The van der Waals surface area contributed by atoms with Crippen LogP contribution in [0.3, 0.4) is 0 Å². The molecule has 0 amide bonds. The zero-order valence-electron chi connectivity index (χ0n) is 12.9. The summed E-state index contributed by atoms with van der Waals surface area (Å²) < 4.78 is 19.1. The van der Waals surface area contributed by atoms with Gasteiger partial charge in [-0.3, -0.25) is 0 Å². The Morgan fingerprint density at radius 2 is 1.52 bits per heavy atom. The van der Waals surface area contributed by atoms with E-state index in [1.54, 1.807) is 0 Å². The van der Waals surface area contributed by atoms with Gasteiger partial charge in [0.05, 0.1) is 12.7 Å². The van der Waals surface area contributed by atoms with Crippen molar-refractivity contribution in [3.05, 3.63) is 71.5 Å². The molecule has 1 nitrogen and oxygen atoms in total. The molecule has 112 valence electrons. The molecule has 21 heavy (non-hydrogen) atoms. The molecular formula is C19H23FO. The molecule has 2 aromatic carbocycles. The van der Waals surface area contributed by atoms with Crippen LogP contribution < -0.4 is 0 Å². The molecule has 0 unspecified atom stereocenters. The molecule has 0 bridgehead atoms. The van der Waals surface area contributed by atoms with Crippen LogP contribution in [0.25, 0.3) is 0 Å². The molecule has 0 heterocycles. The Kier molecular flexibility index (Phi) is 5.51. The Labute approximate surface area is 126 Å². The third-order valence-electron chi connectivity index (χ3n) is 3.83. The zero-order chi connectivity index (χ0) is 15.2. The summed E-state index contributed by atoms with van der Waals surface area (Å²) in [6.07, 6.45) is 0.0793. The monoisotopic (exact) mass is 286 g/mol. The van der Waals surface area contributed by atoms with Crippen molar-refractivity contribution in [3.63, 3.8) is 0 Å². The normalized spacial score (nSPS) is 14.1. The standard InChI is InChI=1S/C19H23FO/c1-14(2)19(17-9-11-18(20)12-10-17)15(3)21-13-16-7-5-4-6-8-16/h4-12,14-15,19H,13H2,1-3H3/t15-,19+/m0/s1. The summed E-state index contributed by atoms with van der Waals surface area (Å²) in [6, 6.07) is 16.9. The van der Waals surface area contributed by atoms with Crippen molar-refractivity contribution in [2.45, 2.75) is 39.4 Å². The highest BCUT2D eigenvalue weighted by molar-refractivity contribution is 5.22. The van der Waals surface area contributed by atoms with E-state index < -0.39 is 0 Å². The average molecular weight is 286 g/mol. The summed E-state index contributed by atoms with van der Waals surface area (Å²) in [6.45, 7) is 7.05. The smallest absolute Gasteiger partial charge is 0.123 e. The molecule has 2 atom stereocenters. The Balaban J connectivity index is 2.05. The fraction of sp³-hybridized carbons (Fsp3) is 0.368. The van der Waals surface area contributed by atoms with Crippen LogP contribution in [0.2, 0.25) is 0 Å². The first-order chi connectivity index (χ1) is 10.1. The molecule has 0 aliphatic carbocycles. The number of ether oxygens (including phenoxy) is 1. The highest BCUT2D eigenvalue weighted by Crippen LogP contribution is 2.30. The molecule has 0 saturated heterocycles. The van der Waals surface area contributed by atoms with E-state index in [2.05, 4.69) is 32.9 Å². The van der Waals surface area contributed by atoms with Gasteiger partial charge in [-0.1, -0.05) is 56.3 Å². The van der Waals surface area contributed by atoms with Crippen molar-refractivity contribution < 1.29 is 9.13 Å². The second kappa shape index (κ2) is 7.37. The second-order valence-corrected chi connectivity index (χ2v) is 5.82. The van der Waals surface area contributed by atoms with E-state index in [9.17, 15) is 4.39 Å². The Hall–Kier alpha value is -1.67. The molecule has 0 aromatic heterocycles. The summed E-state index contributed by atoms with van der Waals surface area (Å²) in [7, 11) is 0. The summed E-state index contributed by atoms with van der Waals surface area (Å²) >= 11 is 0. The lowest BCUT2D eigenvalue weighted by molar-refractivity contribution is 0.0239. The fourth-order valence-corrected chi connectivity index (χ4v) is 2.79. The first kappa shape index (κ1) is 15.7. The number of hydrogen-bond acceptors (Lipinski definition) is 1. The van der Waals surface area contributed by atoms with E-state index in [0.717, 1.165) is 5.56 Å². The van der Waals surface area contributed by atoms with Gasteiger partial charge in [0.2, 0.25) is 0 Å².